The third-order valence-electron chi connectivity index (χ3n) is 3.49. The van der Waals surface area contributed by atoms with Gasteiger partial charge in [-0.1, -0.05) is 60.1 Å². The van der Waals surface area contributed by atoms with Crippen LogP contribution in [0.5, 0.6) is 5.75 Å². The zero-order valence-corrected chi connectivity index (χ0v) is 14.2. The first-order valence-corrected chi connectivity index (χ1v) is 8.23. The number of hydrogen-bond donors (Lipinski definition) is 1. The Morgan fingerprint density at radius 1 is 1.05 bits per heavy atom. The first kappa shape index (κ1) is 16.1. The van der Waals surface area contributed by atoms with Gasteiger partial charge in [-0.3, -0.25) is 0 Å². The summed E-state index contributed by atoms with van der Waals surface area (Å²) in [4.78, 5) is 0. The van der Waals surface area contributed by atoms with Crippen LogP contribution in [0.3, 0.4) is 0 Å². The summed E-state index contributed by atoms with van der Waals surface area (Å²) in [6, 6.07) is 16.9. The van der Waals surface area contributed by atoms with Crippen LogP contribution >= 0.6 is 15.9 Å². The van der Waals surface area contributed by atoms with E-state index >= 15 is 0 Å². The monoisotopic (exact) mass is 347 g/mol. The van der Waals surface area contributed by atoms with E-state index in [0.29, 0.717) is 12.6 Å². The maximum Gasteiger partial charge on any atom is 0.119 e. The second-order valence-corrected chi connectivity index (χ2v) is 5.82. The van der Waals surface area contributed by atoms with Gasteiger partial charge in [0.2, 0.25) is 0 Å². The van der Waals surface area contributed by atoms with E-state index < -0.39 is 0 Å². The standard InChI is InChI=1S/C18H22BrNO/c1-3-18(20-4-2)14-9-11-16(12-10-14)21-13-15-7-5-6-8-17(15)19/h5-12,18,20H,3-4,13H2,1-2H3. The third kappa shape index (κ3) is 4.58. The molecule has 112 valence electrons. The lowest BCUT2D eigenvalue weighted by Crippen LogP contribution is -2.19. The third-order valence-corrected chi connectivity index (χ3v) is 4.27. The smallest absolute Gasteiger partial charge is 0.119 e. The van der Waals surface area contributed by atoms with Crippen LogP contribution in [0.4, 0.5) is 0 Å². The summed E-state index contributed by atoms with van der Waals surface area (Å²) in [5, 5.41) is 3.49. The highest BCUT2D eigenvalue weighted by molar-refractivity contribution is 9.10. The molecule has 2 aromatic carbocycles. The molecule has 0 aliphatic rings. The van der Waals surface area contributed by atoms with Gasteiger partial charge in [0.1, 0.15) is 12.4 Å². The molecule has 1 unspecified atom stereocenters. The largest absolute Gasteiger partial charge is 0.489 e. The highest BCUT2D eigenvalue weighted by Crippen LogP contribution is 2.22. The highest BCUT2D eigenvalue weighted by atomic mass is 79.9. The van der Waals surface area contributed by atoms with E-state index in [-0.39, 0.29) is 0 Å². The Labute approximate surface area is 135 Å². The summed E-state index contributed by atoms with van der Waals surface area (Å²) >= 11 is 3.54. The van der Waals surface area contributed by atoms with Gasteiger partial charge in [0, 0.05) is 16.1 Å². The Hall–Kier alpha value is -1.32. The highest BCUT2D eigenvalue weighted by Gasteiger charge is 2.07. The van der Waals surface area contributed by atoms with Gasteiger partial charge in [-0.05, 0) is 36.7 Å². The predicted molar refractivity (Wildman–Crippen MR) is 91.6 cm³/mol. The molecule has 0 spiro atoms. The van der Waals surface area contributed by atoms with Gasteiger partial charge in [-0.25, -0.2) is 0 Å². The summed E-state index contributed by atoms with van der Waals surface area (Å²) < 4.78 is 6.93. The number of halogens is 1. The SMILES string of the molecule is CCNC(CC)c1ccc(OCc2ccccc2Br)cc1. The van der Waals surface area contributed by atoms with Gasteiger partial charge in [-0.2, -0.15) is 0 Å². The van der Waals surface area contributed by atoms with Crippen LogP contribution in [0.1, 0.15) is 37.4 Å². The summed E-state index contributed by atoms with van der Waals surface area (Å²) in [5.41, 5.74) is 2.47. The molecule has 21 heavy (non-hydrogen) atoms. The van der Waals surface area contributed by atoms with E-state index in [1.54, 1.807) is 0 Å². The second-order valence-electron chi connectivity index (χ2n) is 4.97. The van der Waals surface area contributed by atoms with Crippen molar-refractivity contribution in [2.45, 2.75) is 32.9 Å². The van der Waals surface area contributed by atoms with Gasteiger partial charge in [0.15, 0.2) is 0 Å². The van der Waals surface area contributed by atoms with Crippen LogP contribution in [0.2, 0.25) is 0 Å². The minimum absolute atomic E-state index is 0.423. The molecule has 0 saturated heterocycles. The molecule has 0 heterocycles. The topological polar surface area (TPSA) is 21.3 Å². The Morgan fingerprint density at radius 2 is 1.76 bits per heavy atom. The van der Waals surface area contributed by atoms with Crippen LogP contribution in [0.15, 0.2) is 53.0 Å². The Kier molecular flexibility index (Phi) is 6.27. The molecule has 2 rings (SSSR count). The maximum atomic E-state index is 5.85. The van der Waals surface area contributed by atoms with Crippen LogP contribution < -0.4 is 10.1 Å². The minimum atomic E-state index is 0.423. The number of nitrogens with one attached hydrogen (secondary N) is 1. The first-order chi connectivity index (χ1) is 10.2. The molecule has 2 nitrogen and oxygen atoms in total. The lowest BCUT2D eigenvalue weighted by atomic mass is 10.0. The van der Waals surface area contributed by atoms with Gasteiger partial charge < -0.3 is 10.1 Å². The molecular weight excluding hydrogens is 326 g/mol. The molecule has 0 amide bonds. The fourth-order valence-corrected chi connectivity index (χ4v) is 2.72. The van der Waals surface area contributed by atoms with E-state index in [2.05, 4.69) is 53.3 Å². The molecule has 0 bridgehead atoms. The predicted octanol–water partition coefficient (Wildman–Crippen LogP) is 5.09. The lowest BCUT2D eigenvalue weighted by molar-refractivity contribution is 0.305. The normalized spacial score (nSPS) is 12.1. The fraction of sp³-hybridized carbons (Fsp3) is 0.333. The molecule has 3 heteroatoms. The van der Waals surface area contributed by atoms with Crippen molar-refractivity contribution >= 4 is 15.9 Å². The zero-order chi connectivity index (χ0) is 15.1. The van der Waals surface area contributed by atoms with E-state index in [4.69, 9.17) is 4.74 Å². The average Bonchev–Trinajstić information content (AvgIpc) is 2.52. The number of rotatable bonds is 7. The van der Waals surface area contributed by atoms with E-state index in [0.717, 1.165) is 28.8 Å². The second kappa shape index (κ2) is 8.20. The van der Waals surface area contributed by atoms with Crippen LogP contribution in [0.25, 0.3) is 0 Å². The van der Waals surface area contributed by atoms with Crippen LogP contribution in [-0.2, 0) is 6.61 Å². The van der Waals surface area contributed by atoms with Crippen molar-refractivity contribution in [1.82, 2.24) is 5.32 Å². The van der Waals surface area contributed by atoms with Crippen molar-refractivity contribution < 1.29 is 4.74 Å². The number of hydrogen-bond acceptors (Lipinski definition) is 2. The molecule has 0 radical (unpaired) electrons. The van der Waals surface area contributed by atoms with Crippen LogP contribution in [0, 0.1) is 0 Å². The molecule has 0 aliphatic carbocycles. The number of ether oxygens (including phenoxy) is 1. The van der Waals surface area contributed by atoms with E-state index in [1.807, 2.05) is 30.3 Å². The molecule has 0 fully saturated rings. The van der Waals surface area contributed by atoms with Crippen molar-refractivity contribution in [3.05, 3.63) is 64.1 Å². The summed E-state index contributed by atoms with van der Waals surface area (Å²) in [7, 11) is 0. The van der Waals surface area contributed by atoms with Crippen molar-refractivity contribution in [1.29, 1.82) is 0 Å². The number of benzene rings is 2. The molecule has 1 N–H and O–H groups in total. The zero-order valence-electron chi connectivity index (χ0n) is 12.6. The molecule has 0 saturated carbocycles. The van der Waals surface area contributed by atoms with Crippen molar-refractivity contribution in [3.63, 3.8) is 0 Å². The summed E-state index contributed by atoms with van der Waals surface area (Å²) in [6.45, 7) is 5.90. The lowest BCUT2D eigenvalue weighted by Gasteiger charge is -2.16. The molecule has 0 aromatic heterocycles. The van der Waals surface area contributed by atoms with E-state index in [9.17, 15) is 0 Å². The van der Waals surface area contributed by atoms with Gasteiger partial charge in [-0.15, -0.1) is 0 Å². The Bertz CT molecular complexity index is 553. The molecular formula is C18H22BrNO. The fourth-order valence-electron chi connectivity index (χ4n) is 2.32. The van der Waals surface area contributed by atoms with Gasteiger partial charge in [0.25, 0.3) is 0 Å². The Morgan fingerprint density at radius 3 is 2.38 bits per heavy atom. The quantitative estimate of drug-likeness (QED) is 0.753. The van der Waals surface area contributed by atoms with Crippen molar-refractivity contribution in [2.75, 3.05) is 6.54 Å². The van der Waals surface area contributed by atoms with Gasteiger partial charge >= 0.3 is 0 Å². The van der Waals surface area contributed by atoms with Crippen molar-refractivity contribution in [2.24, 2.45) is 0 Å². The Balaban J connectivity index is 1.98. The van der Waals surface area contributed by atoms with Crippen molar-refractivity contribution in [3.8, 4) is 5.75 Å². The maximum absolute atomic E-state index is 5.85. The molecule has 2 aromatic rings. The van der Waals surface area contributed by atoms with E-state index in [1.165, 1.54) is 5.56 Å². The minimum Gasteiger partial charge on any atom is -0.489 e. The molecule has 1 atom stereocenters. The van der Waals surface area contributed by atoms with Crippen LogP contribution in [-0.4, -0.2) is 6.54 Å². The van der Waals surface area contributed by atoms with Gasteiger partial charge in [0.05, 0.1) is 0 Å². The summed E-state index contributed by atoms with van der Waals surface area (Å²) in [6.07, 6.45) is 1.09. The first-order valence-electron chi connectivity index (χ1n) is 7.44. The molecule has 0 aliphatic heterocycles. The average molecular weight is 348 g/mol. The summed E-state index contributed by atoms with van der Waals surface area (Å²) in [5.74, 6) is 0.904.